The predicted molar refractivity (Wildman–Crippen MR) is 116 cm³/mol. The number of ether oxygens (including phenoxy) is 2. The van der Waals surface area contributed by atoms with Crippen molar-refractivity contribution in [3.8, 4) is 11.6 Å². The maximum Gasteiger partial charge on any atom is 0.417 e. The van der Waals surface area contributed by atoms with Gasteiger partial charge in [-0.15, -0.1) is 0 Å². The van der Waals surface area contributed by atoms with E-state index in [0.717, 1.165) is 17.7 Å². The first-order valence-electron chi connectivity index (χ1n) is 9.87. The minimum absolute atomic E-state index is 0.0396. The van der Waals surface area contributed by atoms with Gasteiger partial charge in [0.2, 0.25) is 5.88 Å². The first-order valence-corrected chi connectivity index (χ1v) is 10.3. The second-order valence-electron chi connectivity index (χ2n) is 6.81. The minimum atomic E-state index is -4.46. The zero-order chi connectivity index (χ0) is 24.0. The van der Waals surface area contributed by atoms with Gasteiger partial charge >= 0.3 is 12.3 Å². The van der Waals surface area contributed by atoms with Crippen LogP contribution in [0.1, 0.15) is 23.7 Å². The number of aromatic nitrogens is 3. The van der Waals surface area contributed by atoms with Gasteiger partial charge in [0.25, 0.3) is 0 Å². The molecule has 0 spiro atoms. The molecule has 3 aromatic rings. The molecule has 0 radical (unpaired) electrons. The highest BCUT2D eigenvalue weighted by Gasteiger charge is 2.30. The Bertz CT molecular complexity index is 1090. The number of alkyl halides is 3. The molecule has 7 nitrogen and oxygen atoms in total. The van der Waals surface area contributed by atoms with Crippen molar-refractivity contribution in [2.45, 2.75) is 25.9 Å². The molecule has 0 aliphatic heterocycles. The summed E-state index contributed by atoms with van der Waals surface area (Å²) in [6, 6.07) is 8.91. The third-order valence-electron chi connectivity index (χ3n) is 4.66. The summed E-state index contributed by atoms with van der Waals surface area (Å²) in [5.41, 5.74) is 0.640. The van der Waals surface area contributed by atoms with E-state index in [1.807, 2.05) is 6.92 Å². The molecule has 174 valence electrons. The molecule has 0 aliphatic carbocycles. The van der Waals surface area contributed by atoms with Gasteiger partial charge in [0.1, 0.15) is 17.1 Å². The van der Waals surface area contributed by atoms with Gasteiger partial charge in [-0.3, -0.25) is 4.90 Å². The monoisotopic (exact) mass is 480 g/mol. The van der Waals surface area contributed by atoms with Crippen LogP contribution in [0.4, 0.5) is 23.8 Å². The first-order chi connectivity index (χ1) is 15.7. The summed E-state index contributed by atoms with van der Waals surface area (Å²) >= 11 is 6.36. The van der Waals surface area contributed by atoms with Gasteiger partial charge in [-0.25, -0.2) is 19.7 Å². The van der Waals surface area contributed by atoms with Gasteiger partial charge in [-0.2, -0.15) is 13.2 Å². The zero-order valence-electron chi connectivity index (χ0n) is 17.8. The highest BCUT2D eigenvalue weighted by atomic mass is 35.5. The molecule has 2 aromatic heterocycles. The van der Waals surface area contributed by atoms with Crippen molar-refractivity contribution in [1.29, 1.82) is 0 Å². The molecule has 1 aromatic carbocycles. The lowest BCUT2D eigenvalue weighted by atomic mass is 10.1. The quantitative estimate of drug-likeness (QED) is 0.431. The summed E-state index contributed by atoms with van der Waals surface area (Å²) in [5, 5.41) is 0.290. The number of pyridine rings is 1. The van der Waals surface area contributed by atoms with Crippen LogP contribution in [-0.2, 0) is 23.8 Å². The van der Waals surface area contributed by atoms with Gasteiger partial charge in [0, 0.05) is 18.8 Å². The van der Waals surface area contributed by atoms with Crippen LogP contribution in [0.2, 0.25) is 5.02 Å². The number of aryl methyl sites for hydroxylation is 1. The van der Waals surface area contributed by atoms with Gasteiger partial charge in [0.05, 0.1) is 18.4 Å². The molecule has 3 rings (SSSR count). The fourth-order valence-electron chi connectivity index (χ4n) is 2.92. The van der Waals surface area contributed by atoms with E-state index in [1.54, 1.807) is 24.3 Å². The maximum absolute atomic E-state index is 12.6. The number of carbonyl (C=O) groups excluding carboxylic acids is 1. The van der Waals surface area contributed by atoms with Gasteiger partial charge in [-0.05, 0) is 36.6 Å². The lowest BCUT2D eigenvalue weighted by Gasteiger charge is -2.21. The number of hydrogen-bond acceptors (Lipinski definition) is 6. The first kappa shape index (κ1) is 24.2. The van der Waals surface area contributed by atoms with Crippen molar-refractivity contribution >= 4 is 23.5 Å². The Labute approximate surface area is 193 Å². The highest BCUT2D eigenvalue weighted by molar-refractivity contribution is 6.34. The SMILES string of the molecule is CCc1ncnc(N(CCc2ccc(Oc3ccc(C(F)(F)F)cn3)cc2)C(=O)OC)c1Cl. The van der Waals surface area contributed by atoms with E-state index in [9.17, 15) is 18.0 Å². The zero-order valence-corrected chi connectivity index (χ0v) is 18.5. The maximum atomic E-state index is 12.6. The molecule has 0 aliphatic rings. The largest absolute Gasteiger partial charge is 0.452 e. The summed E-state index contributed by atoms with van der Waals surface area (Å²) in [7, 11) is 1.27. The van der Waals surface area contributed by atoms with Gasteiger partial charge in [-0.1, -0.05) is 30.7 Å². The van der Waals surface area contributed by atoms with Crippen LogP contribution in [0, 0.1) is 0 Å². The number of anilines is 1. The molecule has 33 heavy (non-hydrogen) atoms. The van der Waals surface area contributed by atoms with E-state index < -0.39 is 17.8 Å². The predicted octanol–water partition coefficient (Wildman–Crippen LogP) is 5.71. The number of halogens is 4. The molecule has 0 bridgehead atoms. The molecule has 1 amide bonds. The van der Waals surface area contributed by atoms with Crippen molar-refractivity contribution < 1.29 is 27.4 Å². The smallest absolute Gasteiger partial charge is 0.417 e. The Kier molecular flexibility index (Phi) is 7.70. The van der Waals surface area contributed by atoms with Crippen molar-refractivity contribution in [3.63, 3.8) is 0 Å². The van der Waals surface area contributed by atoms with Crippen LogP contribution in [0.5, 0.6) is 11.6 Å². The van der Waals surface area contributed by atoms with Crippen LogP contribution in [0.15, 0.2) is 48.9 Å². The summed E-state index contributed by atoms with van der Waals surface area (Å²) in [6.45, 7) is 2.14. The van der Waals surface area contributed by atoms with Gasteiger partial charge in [0.15, 0.2) is 5.82 Å². The normalized spacial score (nSPS) is 11.2. The van der Waals surface area contributed by atoms with E-state index in [2.05, 4.69) is 15.0 Å². The second kappa shape index (κ2) is 10.5. The average molecular weight is 481 g/mol. The van der Waals surface area contributed by atoms with Crippen LogP contribution in [0.25, 0.3) is 0 Å². The summed E-state index contributed by atoms with van der Waals surface area (Å²) in [4.78, 5) is 25.6. The topological polar surface area (TPSA) is 77.4 Å². The summed E-state index contributed by atoms with van der Waals surface area (Å²) in [5.74, 6) is 0.712. The molecule has 11 heteroatoms. The van der Waals surface area contributed by atoms with E-state index in [1.165, 1.54) is 18.3 Å². The van der Waals surface area contributed by atoms with Crippen molar-refractivity contribution in [2.75, 3.05) is 18.6 Å². The van der Waals surface area contributed by atoms with E-state index in [0.29, 0.717) is 30.5 Å². The Morgan fingerprint density at radius 2 is 1.82 bits per heavy atom. The van der Waals surface area contributed by atoms with Crippen LogP contribution >= 0.6 is 11.6 Å². The fraction of sp³-hybridized carbons (Fsp3) is 0.273. The molecule has 0 atom stereocenters. The number of hydrogen-bond donors (Lipinski definition) is 0. The molecule has 0 unspecified atom stereocenters. The molecular weight excluding hydrogens is 461 g/mol. The van der Waals surface area contributed by atoms with Crippen molar-refractivity contribution in [1.82, 2.24) is 15.0 Å². The summed E-state index contributed by atoms with van der Waals surface area (Å²) in [6.07, 6.45) is -1.97. The minimum Gasteiger partial charge on any atom is -0.452 e. The molecule has 2 heterocycles. The Hall–Kier alpha value is -3.40. The number of rotatable bonds is 7. The van der Waals surface area contributed by atoms with Crippen molar-refractivity contribution in [2.24, 2.45) is 0 Å². The number of carbonyl (C=O) groups is 1. The lowest BCUT2D eigenvalue weighted by molar-refractivity contribution is -0.137. The van der Waals surface area contributed by atoms with Crippen LogP contribution < -0.4 is 9.64 Å². The number of benzene rings is 1. The lowest BCUT2D eigenvalue weighted by Crippen LogP contribution is -2.34. The molecule has 0 saturated heterocycles. The molecule has 0 saturated carbocycles. The molecular formula is C22H20ClF3N4O3. The van der Waals surface area contributed by atoms with E-state index in [-0.39, 0.29) is 23.3 Å². The van der Waals surface area contributed by atoms with Crippen LogP contribution in [0.3, 0.4) is 0 Å². The third kappa shape index (κ3) is 6.10. The fourth-order valence-corrected chi connectivity index (χ4v) is 3.25. The number of methoxy groups -OCH3 is 1. The van der Waals surface area contributed by atoms with E-state index >= 15 is 0 Å². The molecule has 0 fully saturated rings. The Balaban J connectivity index is 1.67. The van der Waals surface area contributed by atoms with Gasteiger partial charge < -0.3 is 9.47 Å². The highest BCUT2D eigenvalue weighted by Crippen LogP contribution is 2.30. The van der Waals surface area contributed by atoms with Crippen LogP contribution in [-0.4, -0.2) is 34.7 Å². The van der Waals surface area contributed by atoms with E-state index in [4.69, 9.17) is 21.1 Å². The second-order valence-corrected chi connectivity index (χ2v) is 7.19. The third-order valence-corrected chi connectivity index (χ3v) is 5.05. The Morgan fingerprint density at radius 1 is 1.09 bits per heavy atom. The number of amides is 1. The molecule has 0 N–H and O–H groups in total. The summed E-state index contributed by atoms with van der Waals surface area (Å²) < 4.78 is 48.3. The standard InChI is InChI=1S/C22H20ClF3N4O3/c1-3-17-19(23)20(29-13-28-17)30(21(31)32-2)11-10-14-4-7-16(8-5-14)33-18-9-6-15(12-27-18)22(24,25)26/h4-9,12-13H,3,10-11H2,1-2H3. The number of nitrogens with zero attached hydrogens (tertiary/aromatic N) is 4. The van der Waals surface area contributed by atoms with Crippen molar-refractivity contribution in [3.05, 3.63) is 70.8 Å². The average Bonchev–Trinajstić information content (AvgIpc) is 2.80. The Morgan fingerprint density at radius 3 is 2.39 bits per heavy atom.